The molecule has 2 aromatic carbocycles. The van der Waals surface area contributed by atoms with Crippen molar-refractivity contribution in [2.75, 3.05) is 6.54 Å². The number of rotatable bonds is 6. The van der Waals surface area contributed by atoms with Crippen LogP contribution in [0.5, 0.6) is 0 Å². The summed E-state index contributed by atoms with van der Waals surface area (Å²) in [5.74, 6) is -0.0490. The Bertz CT molecular complexity index is 833. The Hall–Kier alpha value is -2.69. The number of oxime groups is 1. The van der Waals surface area contributed by atoms with Crippen molar-refractivity contribution in [3.8, 4) is 0 Å². The van der Waals surface area contributed by atoms with Gasteiger partial charge in [-0.2, -0.15) is 0 Å². The first-order valence-corrected chi connectivity index (χ1v) is 9.50. The highest BCUT2D eigenvalue weighted by Crippen LogP contribution is 2.29. The van der Waals surface area contributed by atoms with Gasteiger partial charge in [0.25, 0.3) is 0 Å². The lowest BCUT2D eigenvalue weighted by Gasteiger charge is -2.32. The second-order valence-electron chi connectivity index (χ2n) is 7.31. The summed E-state index contributed by atoms with van der Waals surface area (Å²) < 4.78 is 13.6. The number of carbonyl (C=O) groups is 1. The van der Waals surface area contributed by atoms with Gasteiger partial charge in [-0.15, -0.1) is 0 Å². The van der Waals surface area contributed by atoms with E-state index in [4.69, 9.17) is 4.84 Å². The standard InChI is InChI=1S/C22H23FN2O2/c23-19-11-4-6-16(12-19)14-25(22(26)18-9-5-10-18)15-20-13-21(24-27-20)17-7-2-1-3-8-17/h1-4,6-8,11-12,18,20H,5,9-10,13-15H2. The molecule has 0 N–H and O–H groups in total. The molecule has 1 fully saturated rings. The first-order valence-electron chi connectivity index (χ1n) is 9.50. The van der Waals surface area contributed by atoms with Gasteiger partial charge in [-0.3, -0.25) is 4.79 Å². The molecule has 1 amide bonds. The highest BCUT2D eigenvalue weighted by atomic mass is 19.1. The third kappa shape index (κ3) is 4.18. The molecular formula is C22H23FN2O2. The van der Waals surface area contributed by atoms with Gasteiger partial charge < -0.3 is 9.74 Å². The minimum absolute atomic E-state index is 0.0921. The lowest BCUT2D eigenvalue weighted by molar-refractivity contribution is -0.140. The van der Waals surface area contributed by atoms with E-state index in [2.05, 4.69) is 5.16 Å². The van der Waals surface area contributed by atoms with Crippen molar-refractivity contribution >= 4 is 11.6 Å². The smallest absolute Gasteiger partial charge is 0.226 e. The molecule has 140 valence electrons. The van der Waals surface area contributed by atoms with Gasteiger partial charge in [-0.1, -0.05) is 54.0 Å². The molecule has 4 nitrogen and oxygen atoms in total. The van der Waals surface area contributed by atoms with Gasteiger partial charge in [-0.25, -0.2) is 4.39 Å². The van der Waals surface area contributed by atoms with Crippen molar-refractivity contribution in [1.82, 2.24) is 4.90 Å². The van der Waals surface area contributed by atoms with Crippen LogP contribution >= 0.6 is 0 Å². The Labute approximate surface area is 158 Å². The minimum atomic E-state index is -0.282. The third-order valence-corrected chi connectivity index (χ3v) is 5.29. The van der Waals surface area contributed by atoms with Crippen LogP contribution in [0.2, 0.25) is 0 Å². The highest BCUT2D eigenvalue weighted by Gasteiger charge is 2.32. The summed E-state index contributed by atoms with van der Waals surface area (Å²) in [5, 5.41) is 4.22. The summed E-state index contributed by atoms with van der Waals surface area (Å²) in [5.41, 5.74) is 2.74. The summed E-state index contributed by atoms with van der Waals surface area (Å²) in [7, 11) is 0. The Morgan fingerprint density at radius 1 is 1.15 bits per heavy atom. The van der Waals surface area contributed by atoms with E-state index < -0.39 is 0 Å². The number of carbonyl (C=O) groups excluding carboxylic acids is 1. The Morgan fingerprint density at radius 3 is 2.67 bits per heavy atom. The molecule has 1 unspecified atom stereocenters. The zero-order chi connectivity index (χ0) is 18.6. The van der Waals surface area contributed by atoms with E-state index in [0.717, 1.165) is 36.1 Å². The molecule has 0 saturated heterocycles. The van der Waals surface area contributed by atoms with Crippen LogP contribution in [0.25, 0.3) is 0 Å². The van der Waals surface area contributed by atoms with Crippen LogP contribution in [0.4, 0.5) is 4.39 Å². The van der Waals surface area contributed by atoms with Crippen molar-refractivity contribution in [3.63, 3.8) is 0 Å². The monoisotopic (exact) mass is 366 g/mol. The van der Waals surface area contributed by atoms with Crippen LogP contribution in [0, 0.1) is 11.7 Å². The Kier molecular flexibility index (Phi) is 5.19. The van der Waals surface area contributed by atoms with Crippen LogP contribution in [-0.4, -0.2) is 29.2 Å². The average Bonchev–Trinajstić information content (AvgIpc) is 3.09. The van der Waals surface area contributed by atoms with Gasteiger partial charge in [0.15, 0.2) is 6.10 Å². The SMILES string of the molecule is O=C(C1CCC1)N(Cc1cccc(F)c1)CC1CC(c2ccccc2)=NO1. The zero-order valence-corrected chi connectivity index (χ0v) is 15.2. The fourth-order valence-electron chi connectivity index (χ4n) is 3.57. The van der Waals surface area contributed by atoms with Crippen LogP contribution in [0.1, 0.15) is 36.8 Å². The van der Waals surface area contributed by atoms with E-state index in [-0.39, 0.29) is 23.7 Å². The summed E-state index contributed by atoms with van der Waals surface area (Å²) in [4.78, 5) is 20.3. The number of halogens is 1. The molecule has 27 heavy (non-hydrogen) atoms. The molecule has 5 heteroatoms. The van der Waals surface area contributed by atoms with Crippen LogP contribution in [0.3, 0.4) is 0 Å². The number of hydrogen-bond donors (Lipinski definition) is 0. The second-order valence-corrected chi connectivity index (χ2v) is 7.31. The fraction of sp³-hybridized carbons (Fsp3) is 0.364. The van der Waals surface area contributed by atoms with Crippen LogP contribution in [-0.2, 0) is 16.2 Å². The molecule has 1 saturated carbocycles. The van der Waals surface area contributed by atoms with E-state index in [1.165, 1.54) is 12.1 Å². The Morgan fingerprint density at radius 2 is 1.96 bits per heavy atom. The molecule has 0 bridgehead atoms. The quantitative estimate of drug-likeness (QED) is 0.771. The average molecular weight is 366 g/mol. The van der Waals surface area contributed by atoms with Crippen molar-refractivity contribution in [1.29, 1.82) is 0 Å². The van der Waals surface area contributed by atoms with Gasteiger partial charge in [0.1, 0.15) is 5.82 Å². The first-order chi connectivity index (χ1) is 13.2. The summed E-state index contributed by atoms with van der Waals surface area (Å²) >= 11 is 0. The second kappa shape index (κ2) is 7.91. The Balaban J connectivity index is 1.44. The predicted octanol–water partition coefficient (Wildman–Crippen LogP) is 4.15. The molecule has 2 aromatic rings. The topological polar surface area (TPSA) is 41.9 Å². The molecule has 2 aliphatic rings. The minimum Gasteiger partial charge on any atom is -0.390 e. The molecular weight excluding hydrogens is 343 g/mol. The van der Waals surface area contributed by atoms with Crippen molar-refractivity contribution in [2.24, 2.45) is 11.1 Å². The van der Waals surface area contributed by atoms with E-state index in [1.54, 1.807) is 6.07 Å². The number of hydrogen-bond acceptors (Lipinski definition) is 3. The van der Waals surface area contributed by atoms with Crippen LogP contribution in [0.15, 0.2) is 59.8 Å². The lowest BCUT2D eigenvalue weighted by Crippen LogP contribution is -2.42. The summed E-state index contributed by atoms with van der Waals surface area (Å²) in [6.07, 6.45) is 3.48. The highest BCUT2D eigenvalue weighted by molar-refractivity contribution is 6.01. The van der Waals surface area contributed by atoms with Gasteiger partial charge in [0.05, 0.1) is 12.3 Å². The van der Waals surface area contributed by atoms with Gasteiger partial charge in [-0.05, 0) is 36.1 Å². The molecule has 1 aliphatic carbocycles. The molecule has 0 spiro atoms. The van der Waals surface area contributed by atoms with Crippen LogP contribution < -0.4 is 0 Å². The maximum Gasteiger partial charge on any atom is 0.226 e. The maximum absolute atomic E-state index is 13.6. The van der Waals surface area contributed by atoms with Crippen molar-refractivity contribution in [3.05, 3.63) is 71.5 Å². The largest absolute Gasteiger partial charge is 0.390 e. The van der Waals surface area contributed by atoms with E-state index >= 15 is 0 Å². The predicted molar refractivity (Wildman–Crippen MR) is 102 cm³/mol. The van der Waals surface area contributed by atoms with Crippen molar-refractivity contribution < 1.29 is 14.0 Å². The molecule has 0 aromatic heterocycles. The molecule has 1 heterocycles. The van der Waals surface area contributed by atoms with Gasteiger partial charge in [0.2, 0.25) is 5.91 Å². The maximum atomic E-state index is 13.6. The summed E-state index contributed by atoms with van der Waals surface area (Å²) in [6, 6.07) is 16.4. The van der Waals surface area contributed by atoms with E-state index in [9.17, 15) is 9.18 Å². The zero-order valence-electron chi connectivity index (χ0n) is 15.2. The lowest BCUT2D eigenvalue weighted by atomic mass is 9.84. The normalized spacial score (nSPS) is 19.1. The molecule has 4 rings (SSSR count). The van der Waals surface area contributed by atoms with Gasteiger partial charge >= 0.3 is 0 Å². The summed E-state index contributed by atoms with van der Waals surface area (Å²) in [6.45, 7) is 0.860. The number of nitrogens with zero attached hydrogens (tertiary/aromatic N) is 2. The third-order valence-electron chi connectivity index (χ3n) is 5.29. The fourth-order valence-corrected chi connectivity index (χ4v) is 3.57. The molecule has 0 radical (unpaired) electrons. The first kappa shape index (κ1) is 17.7. The molecule has 1 aliphatic heterocycles. The number of amides is 1. The van der Waals surface area contributed by atoms with E-state index in [1.807, 2.05) is 41.3 Å². The number of benzene rings is 2. The van der Waals surface area contributed by atoms with Gasteiger partial charge in [0, 0.05) is 18.9 Å². The van der Waals surface area contributed by atoms with Crippen molar-refractivity contribution in [2.45, 2.75) is 38.3 Å². The molecule has 1 atom stereocenters. The van der Waals surface area contributed by atoms with E-state index in [0.29, 0.717) is 19.5 Å².